The molecule has 1 aromatic carbocycles. The number of hydrogen-bond acceptors (Lipinski definition) is 5. The number of hydrogen-bond donors (Lipinski definition) is 2. The molecule has 5 nitrogen and oxygen atoms in total. The molecule has 0 atom stereocenters. The smallest absolute Gasteiger partial charge is 0.353 e. The third-order valence-electron chi connectivity index (χ3n) is 3.61. The van der Waals surface area contributed by atoms with Crippen LogP contribution in [0.2, 0.25) is 0 Å². The van der Waals surface area contributed by atoms with E-state index in [1.165, 1.54) is 0 Å². The van der Waals surface area contributed by atoms with E-state index in [1.54, 1.807) is 0 Å². The first-order chi connectivity index (χ1) is 12.1. The first-order valence-electron chi connectivity index (χ1n) is 7.95. The first kappa shape index (κ1) is 20.4. The lowest BCUT2D eigenvalue weighted by molar-refractivity contribution is -0.141. The maximum absolute atomic E-state index is 13.2. The standard InChI is InChI=1S/C17H21BrF3N5/c1-10-7-12(18)8-11(2)15(10)24-14-9-13(17(19,20)21)23-16(25-14)22-5-6-26(3)4/h7-9H,5-6H2,1-4H3,(H2,22,23,24,25). The highest BCUT2D eigenvalue weighted by Gasteiger charge is 2.33. The highest BCUT2D eigenvalue weighted by atomic mass is 79.9. The van der Waals surface area contributed by atoms with Crippen molar-refractivity contribution in [2.75, 3.05) is 37.8 Å². The predicted octanol–water partition coefficient (Wildman–Crippen LogP) is 4.59. The molecule has 0 bridgehead atoms. The van der Waals surface area contributed by atoms with Crippen molar-refractivity contribution >= 4 is 33.4 Å². The molecule has 0 saturated carbocycles. The summed E-state index contributed by atoms with van der Waals surface area (Å²) in [6.45, 7) is 4.84. The molecule has 0 aliphatic rings. The molecule has 26 heavy (non-hydrogen) atoms. The van der Waals surface area contributed by atoms with Crippen molar-refractivity contribution in [3.63, 3.8) is 0 Å². The zero-order chi connectivity index (χ0) is 19.5. The molecule has 0 saturated heterocycles. The van der Waals surface area contributed by atoms with E-state index in [0.717, 1.165) is 27.4 Å². The van der Waals surface area contributed by atoms with E-state index < -0.39 is 11.9 Å². The van der Waals surface area contributed by atoms with E-state index in [1.807, 2.05) is 45.0 Å². The second-order valence-corrected chi connectivity index (χ2v) is 7.15. The van der Waals surface area contributed by atoms with Crippen molar-refractivity contribution in [1.82, 2.24) is 14.9 Å². The number of nitrogens with zero attached hydrogens (tertiary/aromatic N) is 3. The number of likely N-dealkylation sites (N-methyl/N-ethyl adjacent to an activating group) is 1. The van der Waals surface area contributed by atoms with Gasteiger partial charge in [-0.15, -0.1) is 0 Å². The van der Waals surface area contributed by atoms with Crippen molar-refractivity contribution in [2.24, 2.45) is 0 Å². The lowest BCUT2D eigenvalue weighted by atomic mass is 10.1. The van der Waals surface area contributed by atoms with E-state index in [9.17, 15) is 13.2 Å². The van der Waals surface area contributed by atoms with Gasteiger partial charge in [-0.25, -0.2) is 4.98 Å². The number of aryl methyl sites for hydroxylation is 2. The predicted molar refractivity (Wildman–Crippen MR) is 101 cm³/mol. The number of rotatable bonds is 6. The minimum Gasteiger partial charge on any atom is -0.353 e. The van der Waals surface area contributed by atoms with Gasteiger partial charge in [-0.1, -0.05) is 15.9 Å². The Morgan fingerprint density at radius 1 is 1.08 bits per heavy atom. The topological polar surface area (TPSA) is 53.1 Å². The Bertz CT molecular complexity index is 754. The zero-order valence-corrected chi connectivity index (χ0v) is 16.6. The molecule has 1 heterocycles. The molecule has 0 aliphatic heterocycles. The molecular weight excluding hydrogens is 411 g/mol. The Hall–Kier alpha value is -1.87. The molecule has 0 radical (unpaired) electrons. The molecule has 2 aromatic rings. The van der Waals surface area contributed by atoms with Crippen molar-refractivity contribution in [2.45, 2.75) is 20.0 Å². The molecule has 0 unspecified atom stereocenters. The van der Waals surface area contributed by atoms with Gasteiger partial charge in [-0.05, 0) is 51.2 Å². The second-order valence-electron chi connectivity index (χ2n) is 6.23. The minimum atomic E-state index is -4.55. The van der Waals surface area contributed by atoms with Crippen LogP contribution in [0.15, 0.2) is 22.7 Å². The van der Waals surface area contributed by atoms with Crippen LogP contribution in [0.3, 0.4) is 0 Å². The Kier molecular flexibility index (Phi) is 6.46. The van der Waals surface area contributed by atoms with Gasteiger partial charge in [0, 0.05) is 29.3 Å². The summed E-state index contributed by atoms with van der Waals surface area (Å²) in [4.78, 5) is 9.68. The van der Waals surface area contributed by atoms with Crippen LogP contribution in [-0.2, 0) is 6.18 Å². The molecule has 0 aliphatic carbocycles. The highest BCUT2D eigenvalue weighted by molar-refractivity contribution is 9.10. The van der Waals surface area contributed by atoms with Crippen LogP contribution in [0.1, 0.15) is 16.8 Å². The molecule has 2 N–H and O–H groups in total. The SMILES string of the molecule is Cc1cc(Br)cc(C)c1Nc1cc(C(F)(F)F)nc(NCCN(C)C)n1. The average Bonchev–Trinajstić information content (AvgIpc) is 2.49. The van der Waals surface area contributed by atoms with Gasteiger partial charge < -0.3 is 15.5 Å². The van der Waals surface area contributed by atoms with Crippen LogP contribution in [-0.4, -0.2) is 42.1 Å². The van der Waals surface area contributed by atoms with Crippen molar-refractivity contribution in [3.05, 3.63) is 39.5 Å². The summed E-state index contributed by atoms with van der Waals surface area (Å²) in [5.41, 5.74) is 1.52. The third kappa shape index (κ3) is 5.57. The molecule has 9 heteroatoms. The van der Waals surface area contributed by atoms with Gasteiger partial charge in [0.1, 0.15) is 5.82 Å². The van der Waals surface area contributed by atoms with E-state index in [0.29, 0.717) is 13.1 Å². The van der Waals surface area contributed by atoms with Gasteiger partial charge >= 0.3 is 6.18 Å². The van der Waals surface area contributed by atoms with Gasteiger partial charge in [0.05, 0.1) is 0 Å². The van der Waals surface area contributed by atoms with Gasteiger partial charge in [-0.3, -0.25) is 0 Å². The number of anilines is 3. The normalized spacial score (nSPS) is 11.7. The van der Waals surface area contributed by atoms with Gasteiger partial charge in [0.2, 0.25) is 5.95 Å². The van der Waals surface area contributed by atoms with E-state index >= 15 is 0 Å². The fourth-order valence-electron chi connectivity index (χ4n) is 2.36. The molecule has 142 valence electrons. The van der Waals surface area contributed by atoms with Crippen LogP contribution < -0.4 is 10.6 Å². The Balaban J connectivity index is 2.35. The number of benzene rings is 1. The molecule has 0 amide bonds. The summed E-state index contributed by atoms with van der Waals surface area (Å²) >= 11 is 3.41. The average molecular weight is 432 g/mol. The summed E-state index contributed by atoms with van der Waals surface area (Å²) in [5, 5.41) is 5.84. The summed E-state index contributed by atoms with van der Waals surface area (Å²) in [5.74, 6) is 0.0322. The summed E-state index contributed by atoms with van der Waals surface area (Å²) < 4.78 is 40.5. The molecule has 0 spiro atoms. The molecular formula is C17H21BrF3N5. The van der Waals surface area contributed by atoms with Crippen molar-refractivity contribution in [1.29, 1.82) is 0 Å². The van der Waals surface area contributed by atoms with E-state index in [4.69, 9.17) is 0 Å². The number of aromatic nitrogens is 2. The lowest BCUT2D eigenvalue weighted by Crippen LogP contribution is -2.22. The van der Waals surface area contributed by atoms with Crippen LogP contribution >= 0.6 is 15.9 Å². The van der Waals surface area contributed by atoms with Gasteiger partial charge in [0.15, 0.2) is 5.69 Å². The minimum absolute atomic E-state index is 0.0587. The monoisotopic (exact) mass is 431 g/mol. The third-order valence-corrected chi connectivity index (χ3v) is 4.07. The van der Waals surface area contributed by atoms with Crippen LogP contribution in [0.4, 0.5) is 30.6 Å². The number of alkyl halides is 3. The molecule has 1 aromatic heterocycles. The first-order valence-corrected chi connectivity index (χ1v) is 8.74. The van der Waals surface area contributed by atoms with Crippen LogP contribution in [0.5, 0.6) is 0 Å². The zero-order valence-electron chi connectivity index (χ0n) is 15.0. The summed E-state index contributed by atoms with van der Waals surface area (Å²) in [6, 6.07) is 4.69. The van der Waals surface area contributed by atoms with E-state index in [-0.39, 0.29) is 11.8 Å². The fraction of sp³-hybridized carbons (Fsp3) is 0.412. The summed E-state index contributed by atoms with van der Waals surface area (Å²) in [6.07, 6.45) is -4.55. The van der Waals surface area contributed by atoms with Gasteiger partial charge in [-0.2, -0.15) is 18.2 Å². The van der Waals surface area contributed by atoms with Crippen molar-refractivity contribution < 1.29 is 13.2 Å². The number of nitrogens with one attached hydrogen (secondary N) is 2. The maximum Gasteiger partial charge on any atom is 0.433 e. The Morgan fingerprint density at radius 2 is 1.69 bits per heavy atom. The molecule has 2 rings (SSSR count). The second kappa shape index (κ2) is 8.22. The number of halogens is 4. The van der Waals surface area contributed by atoms with Crippen LogP contribution in [0.25, 0.3) is 0 Å². The van der Waals surface area contributed by atoms with Crippen LogP contribution in [0, 0.1) is 13.8 Å². The lowest BCUT2D eigenvalue weighted by Gasteiger charge is -2.16. The Labute approximate surface area is 159 Å². The maximum atomic E-state index is 13.2. The van der Waals surface area contributed by atoms with Crippen molar-refractivity contribution in [3.8, 4) is 0 Å². The van der Waals surface area contributed by atoms with E-state index in [2.05, 4.69) is 36.5 Å². The van der Waals surface area contributed by atoms with Gasteiger partial charge in [0.25, 0.3) is 0 Å². The fourth-order valence-corrected chi connectivity index (χ4v) is 3.05. The Morgan fingerprint density at radius 3 is 2.23 bits per heavy atom. The largest absolute Gasteiger partial charge is 0.433 e. The molecule has 0 fully saturated rings. The summed E-state index contributed by atoms with van der Waals surface area (Å²) in [7, 11) is 3.75. The quantitative estimate of drug-likeness (QED) is 0.700. The highest BCUT2D eigenvalue weighted by Crippen LogP contribution is 2.32.